The zero-order valence-corrected chi connectivity index (χ0v) is 12.0. The second kappa shape index (κ2) is 9.16. The van der Waals surface area contributed by atoms with Gasteiger partial charge in [0.2, 0.25) is 0 Å². The van der Waals surface area contributed by atoms with Crippen LogP contribution >= 0.6 is 0 Å². The fourth-order valence-corrected chi connectivity index (χ4v) is 2.57. The predicted octanol–water partition coefficient (Wildman–Crippen LogP) is 4.58. The molecule has 0 bridgehead atoms. The normalized spacial score (nSPS) is 20.2. The summed E-state index contributed by atoms with van der Waals surface area (Å²) in [6.45, 7) is 13.7. The maximum absolute atomic E-state index is 3.90. The first-order valence-electron chi connectivity index (χ1n) is 7.37. The van der Waals surface area contributed by atoms with Gasteiger partial charge in [0, 0.05) is 6.54 Å². The molecule has 18 heavy (non-hydrogen) atoms. The van der Waals surface area contributed by atoms with E-state index in [1.54, 1.807) is 0 Å². The van der Waals surface area contributed by atoms with E-state index in [9.17, 15) is 0 Å². The first-order valence-corrected chi connectivity index (χ1v) is 7.37. The summed E-state index contributed by atoms with van der Waals surface area (Å²) in [5.41, 5.74) is 1.51. The molecular formula is C17H29N. The molecule has 0 spiro atoms. The summed E-state index contributed by atoms with van der Waals surface area (Å²) in [4.78, 5) is 2.61. The first kappa shape index (κ1) is 15.2. The monoisotopic (exact) mass is 247 g/mol. The number of hydrogen-bond acceptors (Lipinski definition) is 1. The molecule has 102 valence electrons. The van der Waals surface area contributed by atoms with E-state index in [2.05, 4.69) is 37.1 Å². The summed E-state index contributed by atoms with van der Waals surface area (Å²) in [5.74, 6) is 0.557. The number of likely N-dealkylation sites (tertiary alicyclic amines) is 1. The van der Waals surface area contributed by atoms with Crippen molar-refractivity contribution in [1.29, 1.82) is 0 Å². The van der Waals surface area contributed by atoms with Gasteiger partial charge < -0.3 is 0 Å². The molecule has 1 fully saturated rings. The Bertz CT molecular complexity index is 269. The van der Waals surface area contributed by atoms with E-state index in [0.29, 0.717) is 5.92 Å². The van der Waals surface area contributed by atoms with Gasteiger partial charge in [0.1, 0.15) is 0 Å². The fourth-order valence-electron chi connectivity index (χ4n) is 2.57. The Labute approximate surface area is 113 Å². The van der Waals surface area contributed by atoms with Crippen LogP contribution in [-0.2, 0) is 0 Å². The molecule has 1 nitrogen and oxygen atoms in total. The van der Waals surface area contributed by atoms with Crippen LogP contribution in [0.1, 0.15) is 45.4 Å². The summed E-state index contributed by atoms with van der Waals surface area (Å²) < 4.78 is 0. The van der Waals surface area contributed by atoms with Crippen LogP contribution in [0.15, 0.2) is 37.0 Å². The second-order valence-electron chi connectivity index (χ2n) is 5.50. The average molecular weight is 247 g/mol. The van der Waals surface area contributed by atoms with Crippen LogP contribution in [0.5, 0.6) is 0 Å². The lowest BCUT2D eigenvalue weighted by Gasteiger charge is -2.20. The largest absolute Gasteiger partial charge is 0.299 e. The van der Waals surface area contributed by atoms with Gasteiger partial charge in [0.25, 0.3) is 0 Å². The first-order chi connectivity index (χ1) is 8.76. The van der Waals surface area contributed by atoms with Crippen LogP contribution in [0, 0.1) is 5.92 Å². The van der Waals surface area contributed by atoms with Crippen LogP contribution in [0.4, 0.5) is 0 Å². The molecule has 0 radical (unpaired) electrons. The molecule has 1 heteroatoms. The van der Waals surface area contributed by atoms with Crippen molar-refractivity contribution in [2.75, 3.05) is 19.6 Å². The predicted molar refractivity (Wildman–Crippen MR) is 81.8 cm³/mol. The van der Waals surface area contributed by atoms with Gasteiger partial charge in [-0.15, -0.1) is 13.2 Å². The van der Waals surface area contributed by atoms with Crippen molar-refractivity contribution in [2.45, 2.75) is 45.4 Å². The third-order valence-electron chi connectivity index (χ3n) is 3.74. The molecule has 0 aliphatic carbocycles. The van der Waals surface area contributed by atoms with Crippen LogP contribution in [0.3, 0.4) is 0 Å². The standard InChI is InChI=1S/C17H29N/c1-4-10-17(5-2)12-11-16(3)15-18-13-8-6-7-9-14-18/h4-5,11,17H,1-2,6-10,12-15H2,3H3/b16-11+. The zero-order valence-electron chi connectivity index (χ0n) is 12.0. The lowest BCUT2D eigenvalue weighted by molar-refractivity contribution is 0.308. The Balaban J connectivity index is 2.35. The maximum Gasteiger partial charge on any atom is 0.0190 e. The molecule has 1 saturated heterocycles. The molecule has 0 aromatic carbocycles. The molecular weight excluding hydrogens is 218 g/mol. The molecule has 1 aliphatic heterocycles. The third kappa shape index (κ3) is 6.20. The lowest BCUT2D eigenvalue weighted by Crippen LogP contribution is -2.26. The fraction of sp³-hybridized carbons (Fsp3) is 0.647. The highest BCUT2D eigenvalue weighted by atomic mass is 15.1. The van der Waals surface area contributed by atoms with Gasteiger partial charge in [0.15, 0.2) is 0 Å². The Hall–Kier alpha value is -0.820. The van der Waals surface area contributed by atoms with Crippen LogP contribution < -0.4 is 0 Å². The van der Waals surface area contributed by atoms with Crippen LogP contribution in [-0.4, -0.2) is 24.5 Å². The number of nitrogens with zero attached hydrogens (tertiary/aromatic N) is 1. The van der Waals surface area contributed by atoms with E-state index in [-0.39, 0.29) is 0 Å². The van der Waals surface area contributed by atoms with Crippen LogP contribution in [0.2, 0.25) is 0 Å². The molecule has 0 amide bonds. The Morgan fingerprint density at radius 3 is 2.33 bits per heavy atom. The van der Waals surface area contributed by atoms with Gasteiger partial charge in [-0.25, -0.2) is 0 Å². The van der Waals surface area contributed by atoms with E-state index < -0.39 is 0 Å². The molecule has 1 heterocycles. The second-order valence-corrected chi connectivity index (χ2v) is 5.50. The van der Waals surface area contributed by atoms with Crippen molar-refractivity contribution in [3.8, 4) is 0 Å². The van der Waals surface area contributed by atoms with Gasteiger partial charge in [-0.3, -0.25) is 4.90 Å². The van der Waals surface area contributed by atoms with Crippen molar-refractivity contribution in [3.63, 3.8) is 0 Å². The number of allylic oxidation sites excluding steroid dienone is 3. The average Bonchev–Trinajstić information content (AvgIpc) is 2.63. The minimum Gasteiger partial charge on any atom is -0.299 e. The van der Waals surface area contributed by atoms with Gasteiger partial charge in [-0.2, -0.15) is 0 Å². The zero-order chi connectivity index (χ0) is 13.2. The SMILES string of the molecule is C=CCC(C=C)C/C=C(\C)CN1CCCCCC1. The smallest absolute Gasteiger partial charge is 0.0190 e. The maximum atomic E-state index is 3.90. The van der Waals surface area contributed by atoms with Crippen molar-refractivity contribution in [1.82, 2.24) is 4.90 Å². The Kier molecular flexibility index (Phi) is 7.75. The molecule has 0 aromatic heterocycles. The van der Waals surface area contributed by atoms with Crippen LogP contribution in [0.25, 0.3) is 0 Å². The summed E-state index contributed by atoms with van der Waals surface area (Å²) in [6, 6.07) is 0. The van der Waals surface area contributed by atoms with Gasteiger partial charge in [-0.1, -0.05) is 36.6 Å². The summed E-state index contributed by atoms with van der Waals surface area (Å²) in [5, 5.41) is 0. The Morgan fingerprint density at radius 1 is 1.11 bits per heavy atom. The molecule has 0 aromatic rings. The minimum absolute atomic E-state index is 0.557. The molecule has 1 rings (SSSR count). The van der Waals surface area contributed by atoms with E-state index >= 15 is 0 Å². The van der Waals surface area contributed by atoms with E-state index in [4.69, 9.17) is 0 Å². The van der Waals surface area contributed by atoms with Crippen molar-refractivity contribution in [3.05, 3.63) is 37.0 Å². The molecule has 0 saturated carbocycles. The summed E-state index contributed by atoms with van der Waals surface area (Å²) in [7, 11) is 0. The van der Waals surface area contributed by atoms with Crippen molar-refractivity contribution in [2.24, 2.45) is 5.92 Å². The van der Waals surface area contributed by atoms with Gasteiger partial charge in [-0.05, 0) is 51.6 Å². The van der Waals surface area contributed by atoms with Gasteiger partial charge in [0.05, 0.1) is 0 Å². The Morgan fingerprint density at radius 2 is 1.78 bits per heavy atom. The summed E-state index contributed by atoms with van der Waals surface area (Å²) in [6.07, 6.45) is 14.2. The quantitative estimate of drug-likeness (QED) is 0.595. The topological polar surface area (TPSA) is 3.24 Å². The number of hydrogen-bond donors (Lipinski definition) is 0. The lowest BCUT2D eigenvalue weighted by atomic mass is 10.00. The molecule has 1 atom stereocenters. The van der Waals surface area contributed by atoms with Crippen molar-refractivity contribution < 1.29 is 0 Å². The molecule has 1 unspecified atom stereocenters. The highest BCUT2D eigenvalue weighted by molar-refractivity contribution is 5.03. The van der Waals surface area contributed by atoms with Gasteiger partial charge >= 0.3 is 0 Å². The third-order valence-corrected chi connectivity index (χ3v) is 3.74. The molecule has 0 N–H and O–H groups in total. The minimum atomic E-state index is 0.557. The summed E-state index contributed by atoms with van der Waals surface area (Å²) >= 11 is 0. The molecule has 1 aliphatic rings. The highest BCUT2D eigenvalue weighted by Crippen LogP contribution is 2.15. The highest BCUT2D eigenvalue weighted by Gasteiger charge is 2.09. The van der Waals surface area contributed by atoms with E-state index in [0.717, 1.165) is 19.4 Å². The van der Waals surface area contributed by atoms with E-state index in [1.807, 2.05) is 6.08 Å². The van der Waals surface area contributed by atoms with E-state index in [1.165, 1.54) is 44.3 Å². The van der Waals surface area contributed by atoms with Crippen molar-refractivity contribution >= 4 is 0 Å². The number of rotatable bonds is 7.